The largest absolute Gasteiger partial charge is 0.456 e. The van der Waals surface area contributed by atoms with E-state index in [-0.39, 0.29) is 30.9 Å². The average molecular weight is 954 g/mol. The molecule has 17 nitrogen and oxygen atoms in total. The van der Waals surface area contributed by atoms with E-state index < -0.39 is 100 Å². The maximum Gasteiger partial charge on any atom is 0.408 e. The zero-order valence-corrected chi connectivity index (χ0v) is 40.0. The number of alkyl carbamates (subject to hydrolysis) is 1. The Bertz CT molecular complexity index is 2410. The van der Waals surface area contributed by atoms with Crippen LogP contribution in [0.2, 0.25) is 0 Å². The third-order valence-electron chi connectivity index (χ3n) is 15.7. The molecule has 3 aliphatic heterocycles. The number of nitrogens with zero attached hydrogens (tertiary/aromatic N) is 2. The van der Waals surface area contributed by atoms with Crippen molar-refractivity contribution in [2.45, 2.75) is 127 Å². The SMILES string of the molecule is CC(=O)O[C@@]12CO[C@@H]1CC[C@@]1(C)[C@@H]3O[C@H](CN4CCOCC4)O[C@@H]3C3=C(C)[C@@H](OC(=O)[C@](C)(O)[C@@H](NC(=O)OCc4ccccc4)c4ccccn4)C[C@@](O)([C@@H](OC(=O)c4ccccc4)[C@@H]12)C3(C)C. The highest BCUT2D eigenvalue weighted by Gasteiger charge is 2.77. The van der Waals surface area contributed by atoms with E-state index in [1.807, 2.05) is 39.0 Å². The number of fused-ring (bicyclic) bond motifs is 8. The molecule has 6 aliphatic rings. The quantitative estimate of drug-likeness (QED) is 0.124. The lowest BCUT2D eigenvalue weighted by Gasteiger charge is -2.68. The maximum absolute atomic E-state index is 14.9. The summed E-state index contributed by atoms with van der Waals surface area (Å²) >= 11 is 0. The van der Waals surface area contributed by atoms with Crippen LogP contribution in [-0.2, 0) is 54.1 Å². The number of morpholine rings is 1. The van der Waals surface area contributed by atoms with Crippen LogP contribution in [0, 0.1) is 16.7 Å². The van der Waals surface area contributed by atoms with Gasteiger partial charge in [0, 0.05) is 50.0 Å². The average Bonchev–Trinajstić information content (AvgIpc) is 3.74. The number of aliphatic hydroxyl groups is 2. The van der Waals surface area contributed by atoms with Gasteiger partial charge in [0.15, 0.2) is 17.5 Å². The molecule has 2 saturated carbocycles. The van der Waals surface area contributed by atoms with Crippen molar-refractivity contribution in [3.8, 4) is 0 Å². The molecule has 3 N–H and O–H groups in total. The number of pyridine rings is 1. The highest BCUT2D eigenvalue weighted by molar-refractivity contribution is 5.89. The molecule has 0 unspecified atom stereocenters. The van der Waals surface area contributed by atoms with E-state index in [2.05, 4.69) is 15.2 Å². The molecule has 1 aromatic heterocycles. The van der Waals surface area contributed by atoms with Gasteiger partial charge in [-0.3, -0.25) is 14.7 Å². The van der Waals surface area contributed by atoms with Gasteiger partial charge in [-0.2, -0.15) is 0 Å². The fraction of sp³-hybridized carbons (Fsp3) is 0.558. The summed E-state index contributed by atoms with van der Waals surface area (Å²) in [7, 11) is 0. The number of carbonyl (C=O) groups excluding carboxylic acids is 4. The molecule has 0 spiro atoms. The topological polar surface area (TPSA) is 211 Å². The van der Waals surface area contributed by atoms with Crippen LogP contribution in [0.15, 0.2) is 96.2 Å². The lowest BCUT2D eigenvalue weighted by atomic mass is 9.45. The Morgan fingerprint density at radius 2 is 1.65 bits per heavy atom. The molecule has 2 aromatic carbocycles. The Kier molecular flexibility index (Phi) is 13.3. The van der Waals surface area contributed by atoms with Gasteiger partial charge < -0.3 is 53.4 Å². The molecular weight excluding hydrogens is 891 g/mol. The van der Waals surface area contributed by atoms with Crippen molar-refractivity contribution < 1.29 is 67.3 Å². The zero-order chi connectivity index (χ0) is 48.9. The van der Waals surface area contributed by atoms with E-state index in [4.69, 9.17) is 37.9 Å². The molecule has 4 heterocycles. The second-order valence-electron chi connectivity index (χ2n) is 20.3. The zero-order valence-electron chi connectivity index (χ0n) is 40.0. The van der Waals surface area contributed by atoms with Gasteiger partial charge in [-0.25, -0.2) is 14.4 Å². The third kappa shape index (κ3) is 8.74. The number of amides is 1. The van der Waals surface area contributed by atoms with Crippen molar-refractivity contribution in [3.05, 3.63) is 113 Å². The fourth-order valence-corrected chi connectivity index (χ4v) is 12.1. The summed E-state index contributed by atoms with van der Waals surface area (Å²) in [5.41, 5.74) is -6.10. The summed E-state index contributed by atoms with van der Waals surface area (Å²) in [4.78, 5) is 62.8. The van der Waals surface area contributed by atoms with Gasteiger partial charge in [-0.1, -0.05) is 75.4 Å². The van der Waals surface area contributed by atoms with Crippen LogP contribution in [0.5, 0.6) is 0 Å². The van der Waals surface area contributed by atoms with E-state index in [1.54, 1.807) is 67.6 Å². The third-order valence-corrected chi connectivity index (χ3v) is 15.7. The number of benzene rings is 2. The van der Waals surface area contributed by atoms with E-state index in [0.717, 1.165) is 5.56 Å². The van der Waals surface area contributed by atoms with E-state index in [1.165, 1.54) is 20.0 Å². The van der Waals surface area contributed by atoms with Crippen molar-refractivity contribution in [2.24, 2.45) is 16.7 Å². The number of rotatable bonds is 12. The van der Waals surface area contributed by atoms with Gasteiger partial charge in [-0.05, 0) is 67.7 Å². The number of carbonyl (C=O) groups is 4. The number of aromatic nitrogens is 1. The van der Waals surface area contributed by atoms with Crippen LogP contribution < -0.4 is 5.32 Å². The fourth-order valence-electron chi connectivity index (χ4n) is 12.1. The first kappa shape index (κ1) is 48.7. The molecular formula is C52H63N3O14. The summed E-state index contributed by atoms with van der Waals surface area (Å²) in [6, 6.07) is 20.8. The highest BCUT2D eigenvalue weighted by Crippen LogP contribution is 2.67. The summed E-state index contributed by atoms with van der Waals surface area (Å²) < 4.78 is 51.1. The Hall–Kier alpha value is -5.27. The van der Waals surface area contributed by atoms with E-state index >= 15 is 0 Å². The van der Waals surface area contributed by atoms with Crippen LogP contribution in [0.3, 0.4) is 0 Å². The number of esters is 3. The molecule has 3 aromatic rings. The van der Waals surface area contributed by atoms with Crippen molar-refractivity contribution in [1.29, 1.82) is 0 Å². The highest BCUT2D eigenvalue weighted by atomic mass is 16.7. The molecule has 1 amide bonds. The number of hydrogen-bond acceptors (Lipinski definition) is 16. The van der Waals surface area contributed by atoms with Crippen LogP contribution in [0.4, 0.5) is 4.79 Å². The summed E-state index contributed by atoms with van der Waals surface area (Å²) in [5.74, 6) is -3.42. The lowest BCUT2D eigenvalue weighted by molar-refractivity contribution is -0.345. The van der Waals surface area contributed by atoms with E-state index in [0.29, 0.717) is 56.8 Å². The van der Waals surface area contributed by atoms with Gasteiger partial charge in [0.25, 0.3) is 0 Å². The second-order valence-corrected chi connectivity index (χ2v) is 20.3. The Balaban J connectivity index is 1.15. The molecule has 5 fully saturated rings. The summed E-state index contributed by atoms with van der Waals surface area (Å²) in [6.45, 7) is 12.8. The lowest BCUT2D eigenvalue weighted by Crippen LogP contribution is -2.79. The Morgan fingerprint density at radius 1 is 0.957 bits per heavy atom. The molecule has 12 atom stereocenters. The molecule has 69 heavy (non-hydrogen) atoms. The molecule has 2 bridgehead atoms. The van der Waals surface area contributed by atoms with Gasteiger partial charge in [-0.15, -0.1) is 0 Å². The first-order chi connectivity index (χ1) is 32.9. The minimum atomic E-state index is -2.49. The van der Waals surface area contributed by atoms with Crippen LogP contribution in [-0.4, -0.2) is 137 Å². The van der Waals surface area contributed by atoms with Gasteiger partial charge >= 0.3 is 24.0 Å². The first-order valence-electron chi connectivity index (χ1n) is 23.8. The predicted octanol–water partition coefficient (Wildman–Crippen LogP) is 4.99. The second kappa shape index (κ2) is 18.8. The van der Waals surface area contributed by atoms with Crippen molar-refractivity contribution >= 4 is 24.0 Å². The van der Waals surface area contributed by atoms with Gasteiger partial charge in [0.2, 0.25) is 0 Å². The normalized spacial score (nSPS) is 33.8. The van der Waals surface area contributed by atoms with Crippen molar-refractivity contribution in [1.82, 2.24) is 15.2 Å². The number of ether oxygens (including phenoxy) is 8. The predicted molar refractivity (Wildman–Crippen MR) is 245 cm³/mol. The molecule has 370 valence electrons. The van der Waals surface area contributed by atoms with Crippen LogP contribution in [0.1, 0.15) is 88.5 Å². The smallest absolute Gasteiger partial charge is 0.408 e. The minimum absolute atomic E-state index is 0.0401. The molecule has 0 radical (unpaired) electrons. The van der Waals surface area contributed by atoms with Crippen molar-refractivity contribution in [2.75, 3.05) is 39.5 Å². The molecule has 3 saturated heterocycles. The summed E-state index contributed by atoms with van der Waals surface area (Å²) in [6.07, 6.45) is -4.60. The maximum atomic E-state index is 14.9. The first-order valence-corrected chi connectivity index (χ1v) is 23.8. The number of hydrogen-bond donors (Lipinski definition) is 3. The molecule has 17 heteroatoms. The standard InChI is InChI=1S/C52H63N3O14/c1-31-36(65-46(58)50(6,60)42(35-19-13-14-22-53-35)54-47(59)63-29-33-15-9-7-10-16-33)27-52(61)44(68-45(57)34-17-11-8-12-18-34)41-49(5,21-20-37-51(41,30-64-37)69-32(2)56)43-40(39(31)48(52,3)4)66-38(67-43)28-55-23-25-62-26-24-55/h7-19,22,36-38,40-44,60-61H,20-21,23-30H2,1-6H3,(H,54,59)/t36-,37+,38+,40+,41-,42-,43+,44-,49+,50+,51-,52+/m0/s1. The minimum Gasteiger partial charge on any atom is -0.456 e. The monoisotopic (exact) mass is 953 g/mol. The molecule has 3 aliphatic carbocycles. The van der Waals surface area contributed by atoms with Crippen molar-refractivity contribution in [3.63, 3.8) is 0 Å². The number of nitrogens with one attached hydrogen (secondary N) is 1. The van der Waals surface area contributed by atoms with Gasteiger partial charge in [0.1, 0.15) is 42.7 Å². The van der Waals surface area contributed by atoms with Crippen LogP contribution >= 0.6 is 0 Å². The Labute approximate surface area is 401 Å². The van der Waals surface area contributed by atoms with E-state index in [9.17, 15) is 29.4 Å². The van der Waals surface area contributed by atoms with Crippen LogP contribution in [0.25, 0.3) is 0 Å². The summed E-state index contributed by atoms with van der Waals surface area (Å²) in [5, 5.41) is 29.1. The molecule has 9 rings (SSSR count). The van der Waals surface area contributed by atoms with Gasteiger partial charge in [0.05, 0.1) is 43.1 Å². The Morgan fingerprint density at radius 3 is 2.30 bits per heavy atom.